The zero-order chi connectivity index (χ0) is 26.6. The van der Waals surface area contributed by atoms with Gasteiger partial charge in [-0.3, -0.25) is 4.98 Å². The van der Waals surface area contributed by atoms with Crippen LogP contribution in [0.2, 0.25) is 0 Å². The zero-order valence-corrected chi connectivity index (χ0v) is 21.7. The summed E-state index contributed by atoms with van der Waals surface area (Å²) >= 11 is 0. The fourth-order valence-corrected chi connectivity index (χ4v) is 5.22. The summed E-state index contributed by atoms with van der Waals surface area (Å²) in [5.41, 5.74) is 4.63. The van der Waals surface area contributed by atoms with Crippen LogP contribution in [0, 0.1) is 12.7 Å². The molecule has 0 aliphatic carbocycles. The number of benzene rings is 3. The first-order valence-corrected chi connectivity index (χ1v) is 12.3. The molecular weight excluding hydrogens is 469 g/mol. The Morgan fingerprint density at radius 3 is 2.65 bits per heavy atom. The molecule has 0 bridgehead atoms. The van der Waals surface area contributed by atoms with Gasteiger partial charge in [-0.1, -0.05) is 12.6 Å². The SMILES string of the molecule is C=C(C)c1cc2cc(C)c(C(OC(C)(C)C)C(=O)O)c(-c3ccc4c5c(ccnc35)CCO4)c2cc1F. The van der Waals surface area contributed by atoms with Crippen LogP contribution in [-0.4, -0.2) is 28.3 Å². The number of carbonyl (C=O) groups is 1. The van der Waals surface area contributed by atoms with Crippen LogP contribution < -0.4 is 4.74 Å². The molecule has 0 amide bonds. The number of rotatable bonds is 5. The molecule has 0 fully saturated rings. The minimum absolute atomic E-state index is 0.418. The number of fused-ring (bicyclic) bond motifs is 1. The van der Waals surface area contributed by atoms with Crippen molar-refractivity contribution in [1.82, 2.24) is 4.98 Å². The van der Waals surface area contributed by atoms with Gasteiger partial charge in [-0.2, -0.15) is 0 Å². The number of aliphatic carboxylic acids is 1. The maximum absolute atomic E-state index is 15.4. The molecule has 0 saturated carbocycles. The van der Waals surface area contributed by atoms with Crippen LogP contribution in [0.15, 0.2) is 49.2 Å². The molecule has 1 aliphatic heterocycles. The van der Waals surface area contributed by atoms with Crippen LogP contribution in [0.3, 0.4) is 0 Å². The lowest BCUT2D eigenvalue weighted by Crippen LogP contribution is -2.28. The number of aryl methyl sites for hydroxylation is 1. The number of halogens is 1. The Hall–Kier alpha value is -3.77. The summed E-state index contributed by atoms with van der Waals surface area (Å²) in [7, 11) is 0. The highest BCUT2D eigenvalue weighted by Gasteiger charge is 2.33. The van der Waals surface area contributed by atoms with Gasteiger partial charge in [0.15, 0.2) is 6.10 Å². The molecule has 0 radical (unpaired) electrons. The topological polar surface area (TPSA) is 68.7 Å². The number of pyridine rings is 1. The smallest absolute Gasteiger partial charge is 0.337 e. The van der Waals surface area contributed by atoms with E-state index in [4.69, 9.17) is 14.5 Å². The molecule has 190 valence electrons. The Balaban J connectivity index is 1.95. The van der Waals surface area contributed by atoms with E-state index in [1.165, 1.54) is 6.07 Å². The van der Waals surface area contributed by atoms with Crippen molar-refractivity contribution in [3.63, 3.8) is 0 Å². The molecular formula is C31H30FNO4. The van der Waals surface area contributed by atoms with Crippen molar-refractivity contribution < 1.29 is 23.8 Å². The van der Waals surface area contributed by atoms with Gasteiger partial charge in [0.2, 0.25) is 0 Å². The van der Waals surface area contributed by atoms with Gasteiger partial charge < -0.3 is 14.6 Å². The number of allylic oxidation sites excluding steroid dienone is 1. The third kappa shape index (κ3) is 4.36. The highest BCUT2D eigenvalue weighted by molar-refractivity contribution is 6.09. The number of carboxylic acids is 1. The first kappa shape index (κ1) is 24.9. The standard InChI is InChI=1S/C31H30FNO4/c1-16(2)21-14-19-13-17(3)25(29(30(34)35)37-31(4,5)6)27(22(19)15-23(21)32)20-7-8-24-26-18(10-12-36-24)9-11-33-28(20)26/h7-9,11,13-15,29H,1,10,12H2,2-6H3,(H,34,35). The van der Waals surface area contributed by atoms with Gasteiger partial charge in [0.05, 0.1) is 17.7 Å². The molecule has 0 saturated heterocycles. The van der Waals surface area contributed by atoms with Crippen LogP contribution in [0.25, 0.3) is 38.4 Å². The molecule has 4 aromatic rings. The summed E-state index contributed by atoms with van der Waals surface area (Å²) in [5.74, 6) is -0.793. The highest BCUT2D eigenvalue weighted by Crippen LogP contribution is 2.45. The molecule has 1 N–H and O–H groups in total. The van der Waals surface area contributed by atoms with Crippen LogP contribution in [0.5, 0.6) is 5.75 Å². The summed E-state index contributed by atoms with van der Waals surface area (Å²) in [6, 6.07) is 10.9. The Labute approximate surface area is 215 Å². The van der Waals surface area contributed by atoms with Gasteiger partial charge in [0.25, 0.3) is 0 Å². The third-order valence-electron chi connectivity index (χ3n) is 6.73. The maximum atomic E-state index is 15.4. The second kappa shape index (κ2) is 8.96. The van der Waals surface area contributed by atoms with E-state index in [0.29, 0.717) is 45.3 Å². The molecule has 1 unspecified atom stereocenters. The van der Waals surface area contributed by atoms with Gasteiger partial charge in [-0.25, -0.2) is 9.18 Å². The lowest BCUT2D eigenvalue weighted by molar-refractivity contribution is -0.160. The third-order valence-corrected chi connectivity index (χ3v) is 6.73. The summed E-state index contributed by atoms with van der Waals surface area (Å²) < 4.78 is 27.4. The first-order chi connectivity index (χ1) is 17.5. The van der Waals surface area contributed by atoms with Crippen LogP contribution in [0.4, 0.5) is 4.39 Å². The van der Waals surface area contributed by atoms with Crippen molar-refractivity contribution in [1.29, 1.82) is 0 Å². The fraction of sp³-hybridized carbons (Fsp3) is 0.290. The minimum atomic E-state index is -1.27. The van der Waals surface area contributed by atoms with E-state index in [0.717, 1.165) is 34.1 Å². The van der Waals surface area contributed by atoms with Crippen molar-refractivity contribution >= 4 is 33.2 Å². The molecule has 1 aromatic heterocycles. The van der Waals surface area contributed by atoms with E-state index in [9.17, 15) is 9.90 Å². The predicted octanol–water partition coefficient (Wildman–Crippen LogP) is 7.41. The van der Waals surface area contributed by atoms with E-state index in [1.807, 2.05) is 52.0 Å². The van der Waals surface area contributed by atoms with Crippen molar-refractivity contribution in [2.75, 3.05) is 6.61 Å². The monoisotopic (exact) mass is 499 g/mol. The largest absolute Gasteiger partial charge is 0.493 e. The van der Waals surface area contributed by atoms with Crippen LogP contribution in [0.1, 0.15) is 56.1 Å². The summed E-state index contributed by atoms with van der Waals surface area (Å²) in [4.78, 5) is 17.4. The summed E-state index contributed by atoms with van der Waals surface area (Å²) in [6.07, 6.45) is 1.23. The number of carboxylic acid groups (broad SMARTS) is 1. The average molecular weight is 500 g/mol. The lowest BCUT2D eigenvalue weighted by Gasteiger charge is -2.29. The highest BCUT2D eigenvalue weighted by atomic mass is 19.1. The molecule has 37 heavy (non-hydrogen) atoms. The van der Waals surface area contributed by atoms with E-state index >= 15 is 4.39 Å². The number of nitrogens with zero attached hydrogens (tertiary/aromatic N) is 1. The molecule has 1 atom stereocenters. The molecule has 0 spiro atoms. The average Bonchev–Trinajstić information content (AvgIpc) is 2.82. The fourth-order valence-electron chi connectivity index (χ4n) is 5.22. The Morgan fingerprint density at radius 2 is 1.97 bits per heavy atom. The molecule has 1 aliphatic rings. The van der Waals surface area contributed by atoms with E-state index in [-0.39, 0.29) is 0 Å². The number of ether oxygens (including phenoxy) is 2. The van der Waals surface area contributed by atoms with Gasteiger partial charge in [-0.15, -0.1) is 0 Å². The number of aromatic nitrogens is 1. The van der Waals surface area contributed by atoms with Gasteiger partial charge >= 0.3 is 5.97 Å². The van der Waals surface area contributed by atoms with Crippen molar-refractivity contribution in [2.45, 2.75) is 52.7 Å². The molecule has 5 nitrogen and oxygen atoms in total. The first-order valence-electron chi connectivity index (χ1n) is 12.3. The Morgan fingerprint density at radius 1 is 1.22 bits per heavy atom. The normalized spacial score (nSPS) is 14.0. The van der Waals surface area contributed by atoms with Crippen LogP contribution >= 0.6 is 0 Å². The van der Waals surface area contributed by atoms with Crippen molar-refractivity contribution in [2.24, 2.45) is 0 Å². The minimum Gasteiger partial charge on any atom is -0.493 e. The Kier molecular flexibility index (Phi) is 6.03. The second-order valence-corrected chi connectivity index (χ2v) is 10.7. The second-order valence-electron chi connectivity index (χ2n) is 10.7. The quantitative estimate of drug-likeness (QED) is 0.310. The summed E-state index contributed by atoms with van der Waals surface area (Å²) in [5, 5.41) is 12.6. The van der Waals surface area contributed by atoms with Crippen molar-refractivity contribution in [3.05, 3.63) is 77.2 Å². The lowest BCUT2D eigenvalue weighted by atomic mass is 9.84. The van der Waals surface area contributed by atoms with Gasteiger partial charge in [0.1, 0.15) is 11.6 Å². The molecule has 5 rings (SSSR count). The van der Waals surface area contributed by atoms with Crippen LogP contribution in [-0.2, 0) is 16.0 Å². The van der Waals surface area contributed by atoms with E-state index < -0.39 is 23.5 Å². The molecule has 2 heterocycles. The van der Waals surface area contributed by atoms with Gasteiger partial charge in [0, 0.05) is 34.7 Å². The predicted molar refractivity (Wildman–Crippen MR) is 145 cm³/mol. The van der Waals surface area contributed by atoms with Crippen molar-refractivity contribution in [3.8, 4) is 16.9 Å². The number of hydrogen-bond donors (Lipinski definition) is 1. The van der Waals surface area contributed by atoms with E-state index in [1.54, 1.807) is 19.2 Å². The number of hydrogen-bond acceptors (Lipinski definition) is 4. The molecule has 3 aromatic carbocycles. The Bertz CT molecular complexity index is 1590. The van der Waals surface area contributed by atoms with E-state index in [2.05, 4.69) is 6.58 Å². The summed E-state index contributed by atoms with van der Waals surface area (Å²) in [6.45, 7) is 13.6. The zero-order valence-electron chi connectivity index (χ0n) is 21.7. The maximum Gasteiger partial charge on any atom is 0.337 e. The van der Waals surface area contributed by atoms with Gasteiger partial charge in [-0.05, 0) is 98.0 Å². The molecule has 6 heteroatoms.